The van der Waals surface area contributed by atoms with Crippen LogP contribution in [0.5, 0.6) is 0 Å². The number of benzene rings is 2. The summed E-state index contributed by atoms with van der Waals surface area (Å²) in [4.78, 5) is 26.9. The number of aromatic nitrogens is 3. The van der Waals surface area contributed by atoms with Gasteiger partial charge in [-0.05, 0) is 30.3 Å². The molecule has 0 saturated carbocycles. The third-order valence-electron chi connectivity index (χ3n) is 4.35. The summed E-state index contributed by atoms with van der Waals surface area (Å²) in [6.45, 7) is 0. The quantitative estimate of drug-likeness (QED) is 0.492. The predicted octanol–water partition coefficient (Wildman–Crippen LogP) is 3.04. The summed E-state index contributed by atoms with van der Waals surface area (Å²) in [6.07, 6.45) is -0.610. The third-order valence-corrected chi connectivity index (χ3v) is 4.35. The van der Waals surface area contributed by atoms with Gasteiger partial charge in [-0.15, -0.1) is 0 Å². The first-order valence-electron chi connectivity index (χ1n) is 8.36. The summed E-state index contributed by atoms with van der Waals surface area (Å²) in [5.74, 6) is -3.51. The highest BCUT2D eigenvalue weighted by Crippen LogP contribution is 2.23. The topological polar surface area (TPSA) is 99.5 Å². The molecule has 7 nitrogen and oxygen atoms in total. The molecule has 2 aromatic carbocycles. The number of carboxylic acids is 1. The number of amides is 1. The molecule has 0 fully saturated rings. The summed E-state index contributed by atoms with van der Waals surface area (Å²) in [5.41, 5.74) is 1.94. The van der Waals surface area contributed by atoms with Crippen LogP contribution >= 0.6 is 0 Å². The largest absolute Gasteiger partial charge is 0.481 e. The number of H-pyrrole nitrogens is 1. The molecule has 1 atom stereocenters. The number of carbonyl (C=O) groups excluding carboxylic acids is 1. The van der Waals surface area contributed by atoms with Gasteiger partial charge in [0.15, 0.2) is 5.69 Å². The molecule has 1 amide bonds. The molecule has 0 bridgehead atoms. The molecule has 4 aromatic rings. The van der Waals surface area contributed by atoms with E-state index in [9.17, 15) is 18.4 Å². The zero-order chi connectivity index (χ0) is 19.8. The number of nitrogens with zero attached hydrogens (tertiary/aromatic N) is 2. The zero-order valence-electron chi connectivity index (χ0n) is 14.3. The normalized spacial score (nSPS) is 12.4. The first-order valence-corrected chi connectivity index (χ1v) is 8.36. The van der Waals surface area contributed by atoms with Crippen molar-refractivity contribution in [2.75, 3.05) is 0 Å². The van der Waals surface area contributed by atoms with Gasteiger partial charge < -0.3 is 15.4 Å². The van der Waals surface area contributed by atoms with E-state index in [1.807, 2.05) is 24.3 Å². The van der Waals surface area contributed by atoms with Crippen molar-refractivity contribution in [2.45, 2.75) is 12.5 Å². The maximum atomic E-state index is 14.1. The van der Waals surface area contributed by atoms with Crippen LogP contribution in [0, 0.1) is 11.6 Å². The van der Waals surface area contributed by atoms with Crippen LogP contribution in [0.3, 0.4) is 0 Å². The molecule has 0 radical (unpaired) electrons. The number of carboxylic acid groups (broad SMARTS) is 1. The molecule has 2 heterocycles. The smallest absolute Gasteiger partial charge is 0.305 e. The lowest BCUT2D eigenvalue weighted by atomic mass is 10.0. The fraction of sp³-hybridized carbons (Fsp3) is 0.105. The van der Waals surface area contributed by atoms with Gasteiger partial charge in [-0.3, -0.25) is 9.59 Å². The van der Waals surface area contributed by atoms with E-state index in [4.69, 9.17) is 5.11 Å². The minimum absolute atomic E-state index is 0.0178. The van der Waals surface area contributed by atoms with E-state index in [-0.39, 0.29) is 11.3 Å². The number of halogens is 2. The summed E-state index contributed by atoms with van der Waals surface area (Å²) in [6, 6.07) is 10.3. The lowest BCUT2D eigenvalue weighted by molar-refractivity contribution is -0.137. The fourth-order valence-corrected chi connectivity index (χ4v) is 3.09. The third kappa shape index (κ3) is 3.18. The average Bonchev–Trinajstić information content (AvgIpc) is 3.21. The van der Waals surface area contributed by atoms with Crippen molar-refractivity contribution in [2.24, 2.45) is 0 Å². The first-order chi connectivity index (χ1) is 13.4. The van der Waals surface area contributed by atoms with Crippen molar-refractivity contribution < 1.29 is 23.5 Å². The molecule has 3 N–H and O–H groups in total. The molecule has 0 aliphatic carbocycles. The van der Waals surface area contributed by atoms with Crippen molar-refractivity contribution in [3.8, 4) is 0 Å². The van der Waals surface area contributed by atoms with Crippen LogP contribution in [0.25, 0.3) is 16.7 Å². The van der Waals surface area contributed by atoms with E-state index in [0.717, 1.165) is 29.2 Å². The lowest BCUT2D eigenvalue weighted by Gasteiger charge is -2.17. The van der Waals surface area contributed by atoms with E-state index >= 15 is 0 Å². The molecule has 0 aliphatic rings. The Morgan fingerprint density at radius 2 is 1.96 bits per heavy atom. The first kappa shape index (κ1) is 17.7. The second kappa shape index (κ2) is 6.76. The van der Waals surface area contributed by atoms with Gasteiger partial charge in [0, 0.05) is 11.6 Å². The molecular formula is C19H14F2N4O3. The van der Waals surface area contributed by atoms with Gasteiger partial charge in [0.2, 0.25) is 0 Å². The second-order valence-corrected chi connectivity index (χ2v) is 6.26. The Morgan fingerprint density at radius 3 is 2.75 bits per heavy atom. The summed E-state index contributed by atoms with van der Waals surface area (Å²) in [7, 11) is 0. The van der Waals surface area contributed by atoms with E-state index in [2.05, 4.69) is 15.4 Å². The number of carbonyl (C=O) groups is 2. The minimum atomic E-state index is -1.27. The minimum Gasteiger partial charge on any atom is -0.481 e. The number of hydrogen-bond acceptors (Lipinski definition) is 3. The Kier molecular flexibility index (Phi) is 4.26. The van der Waals surface area contributed by atoms with Gasteiger partial charge in [-0.25, -0.2) is 13.3 Å². The van der Waals surface area contributed by atoms with Gasteiger partial charge >= 0.3 is 5.97 Å². The summed E-state index contributed by atoms with van der Waals surface area (Å²) < 4.78 is 29.1. The number of imidazole rings is 1. The lowest BCUT2D eigenvalue weighted by Crippen LogP contribution is -2.31. The predicted molar refractivity (Wildman–Crippen MR) is 95.9 cm³/mol. The highest BCUT2D eigenvalue weighted by atomic mass is 19.1. The Labute approximate surface area is 156 Å². The van der Waals surface area contributed by atoms with Crippen LogP contribution in [-0.4, -0.2) is 31.6 Å². The van der Waals surface area contributed by atoms with Crippen LogP contribution < -0.4 is 5.32 Å². The molecule has 4 rings (SSSR count). The summed E-state index contributed by atoms with van der Waals surface area (Å²) >= 11 is 0. The maximum absolute atomic E-state index is 14.1. The van der Waals surface area contributed by atoms with Gasteiger partial charge in [-0.1, -0.05) is 12.1 Å². The summed E-state index contributed by atoms with van der Waals surface area (Å²) in [5, 5.41) is 15.8. The molecule has 0 aliphatic heterocycles. The number of aromatic amines is 1. The second-order valence-electron chi connectivity index (χ2n) is 6.26. The number of fused-ring (bicyclic) bond motifs is 3. The maximum Gasteiger partial charge on any atom is 0.305 e. The molecule has 0 saturated heterocycles. The number of aliphatic carboxylic acids is 1. The molecule has 2 aromatic heterocycles. The van der Waals surface area contributed by atoms with Crippen molar-refractivity contribution >= 4 is 28.6 Å². The molecule has 142 valence electrons. The van der Waals surface area contributed by atoms with Crippen molar-refractivity contribution in [3.05, 3.63) is 71.4 Å². The van der Waals surface area contributed by atoms with Crippen LogP contribution in [0.15, 0.2) is 48.5 Å². The molecule has 1 unspecified atom stereocenters. The van der Waals surface area contributed by atoms with E-state index in [0.29, 0.717) is 5.65 Å². The standard InChI is InChI=1S/C19H14F2N4O3/c20-10-5-6-12(21)11(7-10)14(9-18(26)27)23-19(28)15-8-17-22-13-3-1-2-4-16(13)25(17)24-15/h1-8,14,22H,9H2,(H,23,28)(H,26,27). The zero-order valence-corrected chi connectivity index (χ0v) is 14.3. The van der Waals surface area contributed by atoms with Gasteiger partial charge in [-0.2, -0.15) is 5.10 Å². The average molecular weight is 384 g/mol. The fourth-order valence-electron chi connectivity index (χ4n) is 3.09. The Hall–Kier alpha value is -3.75. The van der Waals surface area contributed by atoms with Crippen LogP contribution in [-0.2, 0) is 4.79 Å². The highest BCUT2D eigenvalue weighted by Gasteiger charge is 2.24. The van der Waals surface area contributed by atoms with Crippen LogP contribution in [0.4, 0.5) is 8.78 Å². The van der Waals surface area contributed by atoms with E-state index in [1.165, 1.54) is 6.07 Å². The van der Waals surface area contributed by atoms with Gasteiger partial charge in [0.25, 0.3) is 5.91 Å². The van der Waals surface area contributed by atoms with Crippen LogP contribution in [0.2, 0.25) is 0 Å². The number of para-hydroxylation sites is 2. The Morgan fingerprint density at radius 1 is 1.18 bits per heavy atom. The molecular weight excluding hydrogens is 370 g/mol. The number of rotatable bonds is 5. The number of nitrogens with one attached hydrogen (secondary N) is 2. The van der Waals surface area contributed by atoms with E-state index in [1.54, 1.807) is 4.52 Å². The van der Waals surface area contributed by atoms with Crippen molar-refractivity contribution in [1.82, 2.24) is 19.9 Å². The molecule has 9 heteroatoms. The monoisotopic (exact) mass is 384 g/mol. The van der Waals surface area contributed by atoms with Crippen LogP contribution in [0.1, 0.15) is 28.5 Å². The highest BCUT2D eigenvalue weighted by molar-refractivity contribution is 5.95. The molecule has 28 heavy (non-hydrogen) atoms. The Bertz CT molecular complexity index is 1210. The van der Waals surface area contributed by atoms with Crippen molar-refractivity contribution in [1.29, 1.82) is 0 Å². The molecule has 0 spiro atoms. The van der Waals surface area contributed by atoms with Gasteiger partial charge in [0.1, 0.15) is 17.3 Å². The van der Waals surface area contributed by atoms with Crippen molar-refractivity contribution in [3.63, 3.8) is 0 Å². The van der Waals surface area contributed by atoms with Gasteiger partial charge in [0.05, 0.1) is 23.5 Å². The Balaban J connectivity index is 1.66. The van der Waals surface area contributed by atoms with E-state index < -0.39 is 36.0 Å². The number of hydrogen-bond donors (Lipinski definition) is 3. The SMILES string of the molecule is O=C(O)CC(NC(=O)c1cc2[nH]c3ccccc3n2n1)c1cc(F)ccc1F.